The second-order valence-corrected chi connectivity index (χ2v) is 5.84. The van der Waals surface area contributed by atoms with Gasteiger partial charge in [0.2, 0.25) is 11.0 Å². The lowest BCUT2D eigenvalue weighted by atomic mass is 10.1. The van der Waals surface area contributed by atoms with Crippen LogP contribution in [0.1, 0.15) is 23.0 Å². The van der Waals surface area contributed by atoms with Gasteiger partial charge in [-0.1, -0.05) is 41.7 Å². The van der Waals surface area contributed by atoms with Crippen molar-refractivity contribution < 1.29 is 4.79 Å². The number of hydrogen-bond acceptors (Lipinski definition) is 7. The molecule has 1 amide bonds. The van der Waals surface area contributed by atoms with Gasteiger partial charge < -0.3 is 11.1 Å². The van der Waals surface area contributed by atoms with Crippen LogP contribution < -0.4 is 11.1 Å². The summed E-state index contributed by atoms with van der Waals surface area (Å²) in [6.07, 6.45) is 3.31. The van der Waals surface area contributed by atoms with Crippen LogP contribution in [0.2, 0.25) is 0 Å². The SMILES string of the molecule is Nc1nnc([C@@H](NC(=O)CCn2cncn2)c2ccccc2)s1. The average molecular weight is 329 g/mol. The fraction of sp³-hybridized carbons (Fsp3) is 0.214. The minimum atomic E-state index is -0.366. The Morgan fingerprint density at radius 3 is 2.78 bits per heavy atom. The third-order valence-corrected chi connectivity index (χ3v) is 3.99. The van der Waals surface area contributed by atoms with E-state index in [1.165, 1.54) is 17.7 Å². The van der Waals surface area contributed by atoms with E-state index in [2.05, 4.69) is 25.6 Å². The van der Waals surface area contributed by atoms with E-state index in [1.54, 1.807) is 11.0 Å². The number of benzene rings is 1. The lowest BCUT2D eigenvalue weighted by Gasteiger charge is -2.16. The Hall–Kier alpha value is -2.81. The van der Waals surface area contributed by atoms with Gasteiger partial charge in [0, 0.05) is 6.42 Å². The summed E-state index contributed by atoms with van der Waals surface area (Å²) in [5.41, 5.74) is 6.59. The van der Waals surface area contributed by atoms with E-state index < -0.39 is 0 Å². The molecule has 3 aromatic rings. The van der Waals surface area contributed by atoms with E-state index >= 15 is 0 Å². The molecule has 0 aliphatic heterocycles. The van der Waals surface area contributed by atoms with Crippen LogP contribution in [0.25, 0.3) is 0 Å². The second kappa shape index (κ2) is 6.97. The van der Waals surface area contributed by atoms with Gasteiger partial charge in [-0.15, -0.1) is 10.2 Å². The van der Waals surface area contributed by atoms with Gasteiger partial charge in [-0.05, 0) is 5.56 Å². The Morgan fingerprint density at radius 1 is 1.30 bits per heavy atom. The Labute approximate surface area is 136 Å². The van der Waals surface area contributed by atoms with E-state index in [1.807, 2.05) is 30.3 Å². The van der Waals surface area contributed by atoms with Crippen LogP contribution in [0.3, 0.4) is 0 Å². The van der Waals surface area contributed by atoms with Crippen LogP contribution in [0, 0.1) is 0 Å². The number of nitrogen functional groups attached to an aromatic ring is 1. The number of carbonyl (C=O) groups is 1. The fourth-order valence-corrected chi connectivity index (χ4v) is 2.78. The van der Waals surface area contributed by atoms with Gasteiger partial charge in [-0.2, -0.15) is 5.10 Å². The standard InChI is InChI=1S/C14H15N7OS/c15-14-20-19-13(23-14)12(10-4-2-1-3-5-10)18-11(22)6-7-21-9-16-8-17-21/h1-5,8-9,12H,6-7H2,(H2,15,20)(H,18,22)/t12-/m0/s1. The maximum absolute atomic E-state index is 12.3. The summed E-state index contributed by atoms with van der Waals surface area (Å²) in [6.45, 7) is 0.464. The van der Waals surface area contributed by atoms with Crippen molar-refractivity contribution in [3.63, 3.8) is 0 Å². The number of nitrogens with two attached hydrogens (primary N) is 1. The summed E-state index contributed by atoms with van der Waals surface area (Å²) in [5, 5.41) is 15.9. The molecule has 0 saturated carbocycles. The molecule has 8 nitrogen and oxygen atoms in total. The van der Waals surface area contributed by atoms with Crippen molar-refractivity contribution in [1.82, 2.24) is 30.3 Å². The van der Waals surface area contributed by atoms with Crippen LogP contribution in [-0.4, -0.2) is 30.9 Å². The van der Waals surface area contributed by atoms with Crippen LogP contribution >= 0.6 is 11.3 Å². The first-order chi connectivity index (χ1) is 11.2. The van der Waals surface area contributed by atoms with E-state index in [0.717, 1.165) is 5.56 Å². The minimum absolute atomic E-state index is 0.108. The molecule has 0 unspecified atom stereocenters. The summed E-state index contributed by atoms with van der Waals surface area (Å²) >= 11 is 1.26. The molecule has 0 aliphatic carbocycles. The number of anilines is 1. The smallest absolute Gasteiger partial charge is 0.222 e. The molecule has 118 valence electrons. The van der Waals surface area contributed by atoms with Gasteiger partial charge in [0.1, 0.15) is 23.7 Å². The molecule has 1 atom stereocenters. The van der Waals surface area contributed by atoms with Crippen molar-refractivity contribution in [3.8, 4) is 0 Å². The van der Waals surface area contributed by atoms with Crippen LogP contribution in [0.4, 0.5) is 5.13 Å². The van der Waals surface area contributed by atoms with Gasteiger partial charge in [0.05, 0.1) is 6.54 Å². The molecule has 0 fully saturated rings. The predicted molar refractivity (Wildman–Crippen MR) is 85.4 cm³/mol. The molecule has 1 aromatic carbocycles. The number of aryl methyl sites for hydroxylation is 1. The third-order valence-electron chi connectivity index (χ3n) is 3.18. The highest BCUT2D eigenvalue weighted by atomic mass is 32.1. The zero-order chi connectivity index (χ0) is 16.1. The molecule has 0 radical (unpaired) electrons. The van der Waals surface area contributed by atoms with E-state index in [-0.39, 0.29) is 11.9 Å². The lowest BCUT2D eigenvalue weighted by molar-refractivity contribution is -0.121. The van der Waals surface area contributed by atoms with E-state index in [0.29, 0.717) is 23.1 Å². The fourth-order valence-electron chi connectivity index (χ4n) is 2.09. The summed E-state index contributed by atoms with van der Waals surface area (Å²) in [5.74, 6) is -0.108. The lowest BCUT2D eigenvalue weighted by Crippen LogP contribution is -2.30. The Balaban J connectivity index is 1.72. The first-order valence-electron chi connectivity index (χ1n) is 6.98. The number of rotatable bonds is 6. The van der Waals surface area contributed by atoms with Gasteiger partial charge in [-0.3, -0.25) is 9.48 Å². The zero-order valence-electron chi connectivity index (χ0n) is 12.2. The molecule has 0 spiro atoms. The highest BCUT2D eigenvalue weighted by Crippen LogP contribution is 2.25. The number of nitrogens with one attached hydrogen (secondary N) is 1. The molecule has 3 rings (SSSR count). The molecular formula is C14H15N7OS. The molecule has 9 heteroatoms. The normalized spacial score (nSPS) is 12.0. The maximum Gasteiger partial charge on any atom is 0.222 e. The van der Waals surface area contributed by atoms with Crippen molar-refractivity contribution in [2.75, 3.05) is 5.73 Å². The summed E-state index contributed by atoms with van der Waals surface area (Å²) in [7, 11) is 0. The number of amides is 1. The minimum Gasteiger partial charge on any atom is -0.374 e. The number of aromatic nitrogens is 5. The van der Waals surface area contributed by atoms with Crippen molar-refractivity contribution in [2.45, 2.75) is 19.0 Å². The highest BCUT2D eigenvalue weighted by molar-refractivity contribution is 7.15. The number of carbonyl (C=O) groups excluding carboxylic acids is 1. The van der Waals surface area contributed by atoms with Crippen molar-refractivity contribution in [3.05, 3.63) is 53.6 Å². The maximum atomic E-state index is 12.3. The Morgan fingerprint density at radius 2 is 2.13 bits per heavy atom. The molecule has 2 aromatic heterocycles. The monoisotopic (exact) mass is 329 g/mol. The molecular weight excluding hydrogens is 314 g/mol. The molecule has 0 aliphatic rings. The number of hydrogen-bond donors (Lipinski definition) is 2. The van der Waals surface area contributed by atoms with Gasteiger partial charge in [0.15, 0.2) is 0 Å². The first-order valence-corrected chi connectivity index (χ1v) is 7.79. The topological polar surface area (TPSA) is 112 Å². The van der Waals surface area contributed by atoms with Crippen molar-refractivity contribution in [2.24, 2.45) is 0 Å². The van der Waals surface area contributed by atoms with Crippen LogP contribution in [0.5, 0.6) is 0 Å². The average Bonchev–Trinajstić information content (AvgIpc) is 3.23. The van der Waals surface area contributed by atoms with Gasteiger partial charge in [-0.25, -0.2) is 4.98 Å². The summed E-state index contributed by atoms with van der Waals surface area (Å²) in [4.78, 5) is 16.1. The summed E-state index contributed by atoms with van der Waals surface area (Å²) < 4.78 is 1.61. The summed E-state index contributed by atoms with van der Waals surface area (Å²) in [6, 6.07) is 9.23. The van der Waals surface area contributed by atoms with E-state index in [4.69, 9.17) is 5.73 Å². The Kier molecular flexibility index (Phi) is 4.57. The van der Waals surface area contributed by atoms with Crippen molar-refractivity contribution >= 4 is 22.4 Å². The van der Waals surface area contributed by atoms with Crippen LogP contribution in [0.15, 0.2) is 43.0 Å². The largest absolute Gasteiger partial charge is 0.374 e. The van der Waals surface area contributed by atoms with Gasteiger partial charge >= 0.3 is 0 Å². The first kappa shape index (κ1) is 15.1. The molecule has 23 heavy (non-hydrogen) atoms. The molecule has 0 saturated heterocycles. The van der Waals surface area contributed by atoms with Crippen molar-refractivity contribution in [1.29, 1.82) is 0 Å². The quantitative estimate of drug-likeness (QED) is 0.698. The number of nitrogens with zero attached hydrogens (tertiary/aromatic N) is 5. The predicted octanol–water partition coefficient (Wildman–Crippen LogP) is 1.01. The highest BCUT2D eigenvalue weighted by Gasteiger charge is 2.20. The molecule has 3 N–H and O–H groups in total. The second-order valence-electron chi connectivity index (χ2n) is 4.80. The molecule has 2 heterocycles. The Bertz CT molecular complexity index is 757. The van der Waals surface area contributed by atoms with Gasteiger partial charge in [0.25, 0.3) is 0 Å². The third kappa shape index (κ3) is 3.89. The zero-order valence-corrected chi connectivity index (χ0v) is 13.0. The molecule has 0 bridgehead atoms. The van der Waals surface area contributed by atoms with E-state index in [9.17, 15) is 4.79 Å². The van der Waals surface area contributed by atoms with Crippen LogP contribution in [-0.2, 0) is 11.3 Å².